The van der Waals surface area contributed by atoms with E-state index in [1.807, 2.05) is 0 Å². The zero-order valence-electron chi connectivity index (χ0n) is 6.69. The molecule has 0 saturated carbocycles. The van der Waals surface area contributed by atoms with Crippen LogP contribution in [-0.2, 0) is 10.0 Å². The van der Waals surface area contributed by atoms with Crippen molar-refractivity contribution in [1.82, 2.24) is 14.9 Å². The summed E-state index contributed by atoms with van der Waals surface area (Å²) in [6.45, 7) is -0.316. The Morgan fingerprint density at radius 1 is 1.69 bits per heavy atom. The maximum atomic E-state index is 11.3. The number of aromatic nitrogens is 2. The molecule has 0 aromatic carbocycles. The molecule has 1 rings (SSSR count). The zero-order valence-corrected chi connectivity index (χ0v) is 7.50. The van der Waals surface area contributed by atoms with Gasteiger partial charge >= 0.3 is 0 Å². The Balaban J connectivity index is 2.88. The molecule has 13 heavy (non-hydrogen) atoms. The fourth-order valence-electron chi connectivity index (χ4n) is 0.757. The summed E-state index contributed by atoms with van der Waals surface area (Å²) in [6, 6.07) is 0. The second-order valence-corrected chi connectivity index (χ2v) is 4.00. The van der Waals surface area contributed by atoms with E-state index < -0.39 is 10.0 Å². The monoisotopic (exact) mass is 206 g/mol. The molecule has 7 nitrogen and oxygen atoms in total. The number of nitrogen functional groups attached to an aromatic ring is 1. The highest BCUT2D eigenvalue weighted by Gasteiger charge is 2.17. The van der Waals surface area contributed by atoms with E-state index >= 15 is 0 Å². The molecule has 0 aliphatic carbocycles. The minimum atomic E-state index is -3.64. The van der Waals surface area contributed by atoms with Gasteiger partial charge in [-0.25, -0.2) is 13.1 Å². The summed E-state index contributed by atoms with van der Waals surface area (Å²) in [5, 5.41) is 14.2. The van der Waals surface area contributed by atoms with E-state index in [1.165, 1.54) is 0 Å². The van der Waals surface area contributed by atoms with E-state index in [4.69, 9.17) is 10.8 Å². The number of aromatic amines is 1. The molecule has 74 valence electrons. The first-order valence-corrected chi connectivity index (χ1v) is 4.95. The van der Waals surface area contributed by atoms with Crippen molar-refractivity contribution >= 4 is 15.8 Å². The lowest BCUT2D eigenvalue weighted by atomic mass is 10.7. The lowest BCUT2D eigenvalue weighted by Crippen LogP contribution is -2.26. The summed E-state index contributed by atoms with van der Waals surface area (Å²) >= 11 is 0. The molecule has 0 aliphatic heterocycles. The smallest absolute Gasteiger partial charge is 0.245 e. The van der Waals surface area contributed by atoms with Crippen molar-refractivity contribution in [1.29, 1.82) is 0 Å². The van der Waals surface area contributed by atoms with Crippen LogP contribution < -0.4 is 10.5 Å². The molecule has 8 heteroatoms. The molecule has 0 bridgehead atoms. The largest absolute Gasteiger partial charge is 0.395 e. The Morgan fingerprint density at radius 2 is 2.38 bits per heavy atom. The standard InChI is InChI=1S/C5H10N4O3S/c6-5-4(3-7-9-5)13(11,12)8-1-2-10/h3,8,10H,1-2H2,(H3,6,7,9). The maximum absolute atomic E-state index is 11.3. The van der Waals surface area contributed by atoms with Gasteiger partial charge in [0.25, 0.3) is 0 Å². The molecular weight excluding hydrogens is 196 g/mol. The molecule has 1 aromatic rings. The van der Waals surface area contributed by atoms with Crippen LogP contribution in [0.25, 0.3) is 0 Å². The number of hydrogen-bond donors (Lipinski definition) is 4. The Labute approximate surface area is 75.0 Å². The fourth-order valence-corrected chi connectivity index (χ4v) is 1.80. The molecule has 5 N–H and O–H groups in total. The number of nitrogens with one attached hydrogen (secondary N) is 2. The van der Waals surface area contributed by atoms with Gasteiger partial charge in [0.2, 0.25) is 10.0 Å². The highest BCUT2D eigenvalue weighted by Crippen LogP contribution is 2.12. The number of sulfonamides is 1. The van der Waals surface area contributed by atoms with Gasteiger partial charge in [-0.15, -0.1) is 0 Å². The van der Waals surface area contributed by atoms with Gasteiger partial charge in [0.05, 0.1) is 12.8 Å². The Morgan fingerprint density at radius 3 is 2.85 bits per heavy atom. The van der Waals surface area contributed by atoms with Crippen molar-refractivity contribution in [2.45, 2.75) is 4.90 Å². The topological polar surface area (TPSA) is 121 Å². The third kappa shape index (κ3) is 2.17. The molecule has 0 aliphatic rings. The van der Waals surface area contributed by atoms with Crippen LogP contribution in [0.1, 0.15) is 0 Å². The average molecular weight is 206 g/mol. The Kier molecular flexibility index (Phi) is 2.86. The van der Waals surface area contributed by atoms with Crippen LogP contribution >= 0.6 is 0 Å². The molecule has 0 spiro atoms. The van der Waals surface area contributed by atoms with Gasteiger partial charge in [0.1, 0.15) is 10.7 Å². The lowest BCUT2D eigenvalue weighted by molar-refractivity contribution is 0.301. The van der Waals surface area contributed by atoms with Gasteiger partial charge in [-0.2, -0.15) is 5.10 Å². The molecule has 0 unspecified atom stereocenters. The normalized spacial score (nSPS) is 11.8. The molecular formula is C5H10N4O3S. The van der Waals surface area contributed by atoms with Crippen LogP contribution in [0.3, 0.4) is 0 Å². The molecule has 0 amide bonds. The fraction of sp³-hybridized carbons (Fsp3) is 0.400. The van der Waals surface area contributed by atoms with E-state index in [0.717, 1.165) is 6.20 Å². The summed E-state index contributed by atoms with van der Waals surface area (Å²) in [5.41, 5.74) is 5.30. The maximum Gasteiger partial charge on any atom is 0.245 e. The van der Waals surface area contributed by atoms with Gasteiger partial charge in [0.15, 0.2) is 0 Å². The van der Waals surface area contributed by atoms with Crippen LogP contribution in [0.15, 0.2) is 11.1 Å². The van der Waals surface area contributed by atoms with Crippen molar-refractivity contribution < 1.29 is 13.5 Å². The minimum Gasteiger partial charge on any atom is -0.395 e. The van der Waals surface area contributed by atoms with Gasteiger partial charge in [0, 0.05) is 6.54 Å². The number of rotatable bonds is 4. The van der Waals surface area contributed by atoms with E-state index in [-0.39, 0.29) is 23.9 Å². The number of aliphatic hydroxyl groups is 1. The average Bonchev–Trinajstić information content (AvgIpc) is 2.48. The first kappa shape index (κ1) is 9.96. The molecule has 1 aromatic heterocycles. The molecule has 1 heterocycles. The van der Waals surface area contributed by atoms with Crippen LogP contribution in [0, 0.1) is 0 Å². The number of anilines is 1. The summed E-state index contributed by atoms with van der Waals surface area (Å²) < 4.78 is 24.8. The van der Waals surface area contributed by atoms with Crippen LogP contribution in [0.4, 0.5) is 5.82 Å². The molecule has 0 atom stereocenters. The van der Waals surface area contributed by atoms with Crippen LogP contribution in [0.2, 0.25) is 0 Å². The Hall–Kier alpha value is -1.12. The highest BCUT2D eigenvalue weighted by atomic mass is 32.2. The lowest BCUT2D eigenvalue weighted by Gasteiger charge is -2.02. The van der Waals surface area contributed by atoms with Crippen molar-refractivity contribution in [3.8, 4) is 0 Å². The highest BCUT2D eigenvalue weighted by molar-refractivity contribution is 7.89. The molecule has 0 radical (unpaired) electrons. The molecule has 0 saturated heterocycles. The first-order valence-electron chi connectivity index (χ1n) is 3.47. The number of aliphatic hydroxyl groups excluding tert-OH is 1. The van der Waals surface area contributed by atoms with Crippen molar-refractivity contribution in [2.75, 3.05) is 18.9 Å². The second-order valence-electron chi connectivity index (χ2n) is 2.27. The quantitative estimate of drug-likeness (QED) is 0.466. The van der Waals surface area contributed by atoms with Gasteiger partial charge in [-0.05, 0) is 0 Å². The van der Waals surface area contributed by atoms with E-state index in [2.05, 4.69) is 14.9 Å². The van der Waals surface area contributed by atoms with E-state index in [0.29, 0.717) is 0 Å². The Bertz CT molecular complexity index is 371. The first-order chi connectivity index (χ1) is 6.08. The van der Waals surface area contributed by atoms with Crippen molar-refractivity contribution in [3.63, 3.8) is 0 Å². The zero-order chi connectivity index (χ0) is 9.90. The summed E-state index contributed by atoms with van der Waals surface area (Å²) in [6.07, 6.45) is 1.11. The van der Waals surface area contributed by atoms with Crippen molar-refractivity contribution in [2.24, 2.45) is 0 Å². The van der Waals surface area contributed by atoms with Crippen LogP contribution in [-0.4, -0.2) is 36.9 Å². The van der Waals surface area contributed by atoms with Gasteiger partial charge in [-0.1, -0.05) is 0 Å². The second kappa shape index (κ2) is 3.73. The predicted octanol–water partition coefficient (Wildman–Crippen LogP) is -1.74. The summed E-state index contributed by atoms with van der Waals surface area (Å²) in [4.78, 5) is -0.110. The number of hydrogen-bond acceptors (Lipinski definition) is 5. The van der Waals surface area contributed by atoms with Crippen LogP contribution in [0.5, 0.6) is 0 Å². The summed E-state index contributed by atoms with van der Waals surface area (Å²) in [5.74, 6) is -0.0227. The van der Waals surface area contributed by atoms with E-state index in [1.54, 1.807) is 0 Å². The van der Waals surface area contributed by atoms with Gasteiger partial charge < -0.3 is 10.8 Å². The third-order valence-electron chi connectivity index (χ3n) is 1.33. The van der Waals surface area contributed by atoms with Gasteiger partial charge in [-0.3, -0.25) is 5.10 Å². The minimum absolute atomic E-state index is 0.0227. The number of nitrogens with zero attached hydrogens (tertiary/aromatic N) is 1. The third-order valence-corrected chi connectivity index (χ3v) is 2.81. The summed E-state index contributed by atoms with van der Waals surface area (Å²) in [7, 11) is -3.64. The predicted molar refractivity (Wildman–Crippen MR) is 45.3 cm³/mol. The van der Waals surface area contributed by atoms with Crippen molar-refractivity contribution in [3.05, 3.63) is 6.20 Å². The number of nitrogens with two attached hydrogens (primary N) is 1. The van der Waals surface area contributed by atoms with E-state index in [9.17, 15) is 8.42 Å². The molecule has 0 fully saturated rings. The number of H-pyrrole nitrogens is 1. The SMILES string of the molecule is Nc1[nH]ncc1S(=O)(=O)NCCO.